The lowest BCUT2D eigenvalue weighted by Crippen LogP contribution is -2.36. The van der Waals surface area contributed by atoms with E-state index in [9.17, 15) is 19.8 Å². The quantitative estimate of drug-likeness (QED) is 0.0611. The average Bonchev–Trinajstić information content (AvgIpc) is 4.08. The summed E-state index contributed by atoms with van der Waals surface area (Å²) in [6, 6.07) is 14.9. The summed E-state index contributed by atoms with van der Waals surface area (Å²) in [7, 11) is 0. The zero-order valence-electron chi connectivity index (χ0n) is 45.6. The predicted octanol–water partition coefficient (Wildman–Crippen LogP) is 9.49. The van der Waals surface area contributed by atoms with Crippen molar-refractivity contribution in [1.29, 1.82) is 0 Å². The Morgan fingerprint density at radius 2 is 1.09 bits per heavy atom. The van der Waals surface area contributed by atoms with Crippen molar-refractivity contribution in [2.24, 2.45) is 0 Å². The van der Waals surface area contributed by atoms with Gasteiger partial charge in [-0.2, -0.15) is 0 Å². The molecular formula is C60H84N8O8. The Kier molecular flexibility index (Phi) is 19.1. The molecule has 16 heteroatoms. The maximum Gasteiger partial charge on any atom is 0.325 e. The van der Waals surface area contributed by atoms with Gasteiger partial charge in [0.05, 0.1) is 23.4 Å². The fourth-order valence-corrected chi connectivity index (χ4v) is 12.5. The zero-order chi connectivity index (χ0) is 53.1. The molecule has 6 atom stereocenters. The van der Waals surface area contributed by atoms with Gasteiger partial charge in [-0.3, -0.25) is 29.4 Å². The summed E-state index contributed by atoms with van der Waals surface area (Å²) in [5.74, 6) is 0.873. The Bertz CT molecular complexity index is 2390. The molecule has 10 rings (SSSR count). The minimum atomic E-state index is -0.821. The lowest BCUT2D eigenvalue weighted by Gasteiger charge is -2.36. The molecule has 16 nitrogen and oxygen atoms in total. The third-order valence-corrected chi connectivity index (χ3v) is 16.3. The largest absolute Gasteiger partial charge is 0.480 e. The van der Waals surface area contributed by atoms with E-state index in [1.54, 1.807) is 12.4 Å². The fourth-order valence-electron chi connectivity index (χ4n) is 12.5. The second kappa shape index (κ2) is 26.0. The molecule has 4 aromatic rings. The molecule has 0 saturated carbocycles. The van der Waals surface area contributed by atoms with Gasteiger partial charge in [0.1, 0.15) is 23.7 Å². The van der Waals surface area contributed by atoms with Crippen LogP contribution >= 0.6 is 0 Å². The maximum absolute atomic E-state index is 12.5. The number of aromatic nitrogens is 4. The lowest BCUT2D eigenvalue weighted by molar-refractivity contribution is -0.144. The van der Waals surface area contributed by atoms with E-state index in [1.165, 1.54) is 24.0 Å². The van der Waals surface area contributed by atoms with Crippen LogP contribution < -0.4 is 10.6 Å². The van der Waals surface area contributed by atoms with E-state index in [1.807, 2.05) is 24.3 Å². The molecule has 4 saturated heterocycles. The minimum Gasteiger partial charge on any atom is -0.480 e. The van der Waals surface area contributed by atoms with Crippen molar-refractivity contribution in [3.05, 3.63) is 106 Å². The topological polar surface area (TPSA) is 194 Å². The van der Waals surface area contributed by atoms with Gasteiger partial charge in [-0.25, -0.2) is 9.97 Å². The molecule has 4 fully saturated rings. The molecule has 10 heterocycles. The number of hydrogen-bond acceptors (Lipinski definition) is 14. The third kappa shape index (κ3) is 14.7. The Labute approximate surface area is 450 Å². The number of likely N-dealkylation sites (tertiary alicyclic amines) is 2. The Balaban J connectivity index is 0.000000186. The van der Waals surface area contributed by atoms with Crippen LogP contribution in [0.4, 0.5) is 11.6 Å². The molecule has 0 aromatic carbocycles. The van der Waals surface area contributed by atoms with Crippen LogP contribution in [0.2, 0.25) is 0 Å². The standard InChI is InChI=1S/2C30H42N4O4/c2*1-30(2)19-22(13-18-38-30)26-25(9-6-14-31-26)27(29(35)36)34-16-12-24(20-34)37-17-4-3-8-23-11-10-21-7-5-15-32-28(21)33-23/h2*6,9-11,14,22,24,27H,3-5,7-8,12-13,15-20H2,1-2H3,(H,32,33)(H,35,36)/t22?,24-,27+;22?,24-,27-/m11/s1. The molecule has 0 bridgehead atoms. The summed E-state index contributed by atoms with van der Waals surface area (Å²) in [6.45, 7) is 15.8. The Hall–Kier alpha value is -5.10. The van der Waals surface area contributed by atoms with E-state index >= 15 is 0 Å². The molecule has 2 unspecified atom stereocenters. The smallest absolute Gasteiger partial charge is 0.325 e. The van der Waals surface area contributed by atoms with Crippen molar-refractivity contribution in [2.75, 3.05) is 76.3 Å². The number of ether oxygens (including phenoxy) is 4. The normalized spacial score (nSPS) is 23.9. The molecule has 0 spiro atoms. The molecule has 6 aliphatic rings. The van der Waals surface area contributed by atoms with Crippen LogP contribution in [-0.4, -0.2) is 141 Å². The van der Waals surface area contributed by atoms with Crippen molar-refractivity contribution in [1.82, 2.24) is 29.7 Å². The zero-order valence-corrected chi connectivity index (χ0v) is 45.6. The highest BCUT2D eigenvalue weighted by Crippen LogP contribution is 2.41. The lowest BCUT2D eigenvalue weighted by atomic mass is 9.83. The van der Waals surface area contributed by atoms with E-state index in [0.29, 0.717) is 52.6 Å². The molecule has 0 radical (unpaired) electrons. The average molecular weight is 1050 g/mol. The van der Waals surface area contributed by atoms with Gasteiger partial charge in [-0.1, -0.05) is 24.3 Å². The first-order valence-corrected chi connectivity index (χ1v) is 28.6. The number of carboxylic acids is 2. The van der Waals surface area contributed by atoms with E-state index in [-0.39, 0.29) is 35.2 Å². The van der Waals surface area contributed by atoms with Crippen molar-refractivity contribution in [3.63, 3.8) is 0 Å². The second-order valence-corrected chi connectivity index (χ2v) is 23.2. The van der Waals surface area contributed by atoms with Crippen molar-refractivity contribution >= 4 is 23.6 Å². The highest BCUT2D eigenvalue weighted by Gasteiger charge is 2.40. The van der Waals surface area contributed by atoms with Gasteiger partial charge in [0.15, 0.2) is 0 Å². The number of anilines is 2. The van der Waals surface area contributed by atoms with Crippen molar-refractivity contribution < 1.29 is 38.7 Å². The molecule has 6 aliphatic heterocycles. The number of carbonyl (C=O) groups is 2. The van der Waals surface area contributed by atoms with E-state index < -0.39 is 24.0 Å². The van der Waals surface area contributed by atoms with Gasteiger partial charge in [0, 0.05) is 124 Å². The van der Waals surface area contributed by atoms with Crippen LogP contribution in [0.5, 0.6) is 0 Å². The maximum atomic E-state index is 12.5. The number of hydrogen-bond donors (Lipinski definition) is 4. The number of aliphatic carboxylic acids is 2. The van der Waals surface area contributed by atoms with Crippen LogP contribution in [0.25, 0.3) is 0 Å². The number of fused-ring (bicyclic) bond motifs is 2. The number of carboxylic acid groups (broad SMARTS) is 2. The number of nitrogens with one attached hydrogen (secondary N) is 2. The Morgan fingerprint density at radius 3 is 1.51 bits per heavy atom. The van der Waals surface area contributed by atoms with Crippen LogP contribution in [0.1, 0.15) is 174 Å². The van der Waals surface area contributed by atoms with Gasteiger partial charge >= 0.3 is 11.9 Å². The minimum absolute atomic E-state index is 0.0602. The van der Waals surface area contributed by atoms with Crippen molar-refractivity contribution in [3.8, 4) is 0 Å². The first-order valence-electron chi connectivity index (χ1n) is 28.6. The predicted molar refractivity (Wildman–Crippen MR) is 293 cm³/mol. The molecule has 0 amide bonds. The molecule has 0 aliphatic carbocycles. The van der Waals surface area contributed by atoms with Crippen LogP contribution in [0.3, 0.4) is 0 Å². The summed E-state index contributed by atoms with van der Waals surface area (Å²) in [6.07, 6.45) is 19.3. The molecule has 4 N–H and O–H groups in total. The number of pyridine rings is 4. The molecule has 412 valence electrons. The van der Waals surface area contributed by atoms with E-state index in [0.717, 1.165) is 149 Å². The van der Waals surface area contributed by atoms with Crippen molar-refractivity contribution in [2.45, 2.75) is 178 Å². The van der Waals surface area contributed by atoms with Crippen LogP contribution in [0, 0.1) is 0 Å². The summed E-state index contributed by atoms with van der Waals surface area (Å²) < 4.78 is 24.2. The van der Waals surface area contributed by atoms with E-state index in [4.69, 9.17) is 38.9 Å². The summed E-state index contributed by atoms with van der Waals surface area (Å²) in [4.78, 5) is 48.1. The number of nitrogens with zero attached hydrogens (tertiary/aromatic N) is 6. The van der Waals surface area contributed by atoms with Gasteiger partial charge in [0.25, 0.3) is 0 Å². The van der Waals surface area contributed by atoms with Gasteiger partial charge < -0.3 is 39.8 Å². The van der Waals surface area contributed by atoms with E-state index in [2.05, 4.69) is 72.4 Å². The monoisotopic (exact) mass is 1040 g/mol. The van der Waals surface area contributed by atoms with Crippen LogP contribution in [0.15, 0.2) is 60.9 Å². The van der Waals surface area contributed by atoms with Gasteiger partial charge in [0.2, 0.25) is 0 Å². The van der Waals surface area contributed by atoms with Gasteiger partial charge in [-0.15, -0.1) is 0 Å². The summed E-state index contributed by atoms with van der Waals surface area (Å²) >= 11 is 0. The SMILES string of the molecule is CC1(C)CC(c2ncccc2[C@@H](C(=O)O)N2CC[C@@H](OCCCCc3ccc4c(n3)NCCC4)C2)CCO1.CC1(C)CC(c2ncccc2[C@H](C(=O)O)N2CC[C@@H](OCCCCc3ccc4c(n3)NCCC4)C2)CCO1. The highest BCUT2D eigenvalue weighted by molar-refractivity contribution is 5.76. The highest BCUT2D eigenvalue weighted by atomic mass is 16.5. The fraction of sp³-hybridized carbons (Fsp3) is 0.633. The number of aryl methyl sites for hydroxylation is 4. The first kappa shape index (κ1) is 55.6. The molecule has 4 aromatic heterocycles. The summed E-state index contributed by atoms with van der Waals surface area (Å²) in [5.41, 5.74) is 7.91. The molecule has 76 heavy (non-hydrogen) atoms. The van der Waals surface area contributed by atoms with Gasteiger partial charge in [-0.05, 0) is 166 Å². The molecular weight excluding hydrogens is 961 g/mol. The Morgan fingerprint density at radius 1 is 0.645 bits per heavy atom. The summed E-state index contributed by atoms with van der Waals surface area (Å²) in [5, 5.41) is 27.4. The number of unbranched alkanes of at least 4 members (excludes halogenated alkanes) is 2. The third-order valence-electron chi connectivity index (χ3n) is 16.3. The number of rotatable bonds is 20. The second-order valence-electron chi connectivity index (χ2n) is 23.2. The first-order chi connectivity index (χ1) is 36.8. The van der Waals surface area contributed by atoms with Crippen LogP contribution in [-0.2, 0) is 54.2 Å².